The summed E-state index contributed by atoms with van der Waals surface area (Å²) in [6.07, 6.45) is 4.49. The molecule has 0 spiro atoms. The molecule has 0 unspecified atom stereocenters. The molecule has 0 radical (unpaired) electrons. The van der Waals surface area contributed by atoms with E-state index in [9.17, 15) is 0 Å². The summed E-state index contributed by atoms with van der Waals surface area (Å²) in [7, 11) is 3.71. The predicted octanol–water partition coefficient (Wildman–Crippen LogP) is 2.82. The van der Waals surface area contributed by atoms with Crippen molar-refractivity contribution in [2.45, 2.75) is 26.3 Å². The van der Waals surface area contributed by atoms with Crippen LogP contribution < -0.4 is 10.1 Å². The van der Waals surface area contributed by atoms with Gasteiger partial charge in [0.15, 0.2) is 0 Å². The standard InChI is InChI=1S/C15H22N2O/c1-4-9-17-11-12(7-8-16-2)14-10-13(18-3)5-6-15(14)17/h5-6,10-11,16H,4,7-9H2,1-3H3. The lowest BCUT2D eigenvalue weighted by Crippen LogP contribution is -2.10. The van der Waals surface area contributed by atoms with E-state index < -0.39 is 0 Å². The molecule has 0 aliphatic carbocycles. The molecule has 3 nitrogen and oxygen atoms in total. The van der Waals surface area contributed by atoms with Crippen molar-refractivity contribution in [1.29, 1.82) is 0 Å². The number of aryl methyl sites for hydroxylation is 1. The van der Waals surface area contributed by atoms with E-state index in [1.54, 1.807) is 7.11 Å². The van der Waals surface area contributed by atoms with Gasteiger partial charge in [0.05, 0.1) is 7.11 Å². The number of hydrogen-bond donors (Lipinski definition) is 1. The summed E-state index contributed by atoms with van der Waals surface area (Å²) in [4.78, 5) is 0. The molecule has 0 aliphatic rings. The molecule has 2 aromatic rings. The Bertz CT molecular complexity index is 516. The highest BCUT2D eigenvalue weighted by molar-refractivity contribution is 5.85. The molecule has 0 fully saturated rings. The highest BCUT2D eigenvalue weighted by Crippen LogP contribution is 2.26. The average molecular weight is 246 g/mol. The van der Waals surface area contributed by atoms with Crippen LogP contribution in [0.15, 0.2) is 24.4 Å². The number of likely N-dealkylation sites (N-methyl/N-ethyl adjacent to an activating group) is 1. The lowest BCUT2D eigenvalue weighted by Gasteiger charge is -2.04. The zero-order valence-corrected chi connectivity index (χ0v) is 11.5. The number of rotatable bonds is 6. The van der Waals surface area contributed by atoms with E-state index >= 15 is 0 Å². The smallest absolute Gasteiger partial charge is 0.119 e. The topological polar surface area (TPSA) is 26.2 Å². The molecule has 0 amide bonds. The van der Waals surface area contributed by atoms with Gasteiger partial charge in [0.25, 0.3) is 0 Å². The Kier molecular flexibility index (Phi) is 4.26. The quantitative estimate of drug-likeness (QED) is 0.848. The van der Waals surface area contributed by atoms with Crippen LogP contribution in [-0.4, -0.2) is 25.3 Å². The number of methoxy groups -OCH3 is 1. The summed E-state index contributed by atoms with van der Waals surface area (Å²) in [6, 6.07) is 6.34. The van der Waals surface area contributed by atoms with Crippen LogP contribution in [0.1, 0.15) is 18.9 Å². The molecule has 1 aromatic carbocycles. The molecule has 98 valence electrons. The third kappa shape index (κ3) is 2.51. The summed E-state index contributed by atoms with van der Waals surface area (Å²) in [5.41, 5.74) is 2.70. The number of nitrogens with one attached hydrogen (secondary N) is 1. The molecular formula is C15H22N2O. The average Bonchev–Trinajstić information content (AvgIpc) is 2.74. The number of ether oxygens (including phenoxy) is 1. The van der Waals surface area contributed by atoms with E-state index in [2.05, 4.69) is 35.1 Å². The van der Waals surface area contributed by atoms with Crippen LogP contribution in [0.5, 0.6) is 5.75 Å². The van der Waals surface area contributed by atoms with Gasteiger partial charge < -0.3 is 14.6 Å². The van der Waals surface area contributed by atoms with Crippen molar-refractivity contribution in [3.8, 4) is 5.75 Å². The van der Waals surface area contributed by atoms with Gasteiger partial charge in [0.2, 0.25) is 0 Å². The first-order valence-corrected chi connectivity index (χ1v) is 6.60. The Morgan fingerprint density at radius 3 is 2.83 bits per heavy atom. The second kappa shape index (κ2) is 5.91. The van der Waals surface area contributed by atoms with Crippen LogP contribution in [0.2, 0.25) is 0 Å². The lowest BCUT2D eigenvalue weighted by atomic mass is 10.1. The van der Waals surface area contributed by atoms with Gasteiger partial charge in [-0.25, -0.2) is 0 Å². The molecule has 3 heteroatoms. The van der Waals surface area contributed by atoms with Gasteiger partial charge in [-0.05, 0) is 50.2 Å². The second-order valence-corrected chi connectivity index (χ2v) is 4.58. The molecule has 18 heavy (non-hydrogen) atoms. The van der Waals surface area contributed by atoms with Gasteiger partial charge in [-0.2, -0.15) is 0 Å². The number of hydrogen-bond acceptors (Lipinski definition) is 2. The molecule has 2 rings (SSSR count). The number of benzene rings is 1. The minimum Gasteiger partial charge on any atom is -0.497 e. The van der Waals surface area contributed by atoms with E-state index in [4.69, 9.17) is 4.74 Å². The molecule has 1 aromatic heterocycles. The largest absolute Gasteiger partial charge is 0.497 e. The minimum absolute atomic E-state index is 0.933. The second-order valence-electron chi connectivity index (χ2n) is 4.58. The van der Waals surface area contributed by atoms with E-state index in [0.717, 1.165) is 31.7 Å². The van der Waals surface area contributed by atoms with Crippen LogP contribution in [-0.2, 0) is 13.0 Å². The lowest BCUT2D eigenvalue weighted by molar-refractivity contribution is 0.415. The first-order valence-electron chi connectivity index (χ1n) is 6.60. The molecule has 0 aliphatic heterocycles. The summed E-state index contributed by atoms with van der Waals surface area (Å²) < 4.78 is 7.67. The highest BCUT2D eigenvalue weighted by Gasteiger charge is 2.08. The van der Waals surface area contributed by atoms with E-state index in [1.807, 2.05) is 13.1 Å². The fourth-order valence-electron chi connectivity index (χ4n) is 2.36. The Morgan fingerprint density at radius 1 is 1.33 bits per heavy atom. The van der Waals surface area contributed by atoms with Gasteiger partial charge in [-0.3, -0.25) is 0 Å². The van der Waals surface area contributed by atoms with Crippen molar-refractivity contribution in [3.63, 3.8) is 0 Å². The third-order valence-electron chi connectivity index (χ3n) is 3.28. The molecule has 0 atom stereocenters. The molecule has 0 bridgehead atoms. The van der Waals surface area contributed by atoms with E-state index in [1.165, 1.54) is 16.5 Å². The normalized spacial score (nSPS) is 11.1. The van der Waals surface area contributed by atoms with Gasteiger partial charge in [0.1, 0.15) is 5.75 Å². The minimum atomic E-state index is 0.933. The molecule has 1 N–H and O–H groups in total. The summed E-state index contributed by atoms with van der Waals surface area (Å²) in [5.74, 6) is 0.933. The van der Waals surface area contributed by atoms with Crippen molar-refractivity contribution in [2.75, 3.05) is 20.7 Å². The van der Waals surface area contributed by atoms with Crippen LogP contribution in [0, 0.1) is 0 Å². The van der Waals surface area contributed by atoms with Crippen molar-refractivity contribution >= 4 is 10.9 Å². The van der Waals surface area contributed by atoms with Crippen LogP contribution >= 0.6 is 0 Å². The summed E-state index contributed by atoms with van der Waals surface area (Å²) >= 11 is 0. The molecule has 0 saturated heterocycles. The van der Waals surface area contributed by atoms with Crippen LogP contribution in [0.3, 0.4) is 0 Å². The van der Waals surface area contributed by atoms with E-state index in [0.29, 0.717) is 0 Å². The molecular weight excluding hydrogens is 224 g/mol. The van der Waals surface area contributed by atoms with Gasteiger partial charge in [0, 0.05) is 23.6 Å². The fraction of sp³-hybridized carbons (Fsp3) is 0.467. The maximum atomic E-state index is 5.33. The zero-order valence-electron chi connectivity index (χ0n) is 11.5. The van der Waals surface area contributed by atoms with Crippen LogP contribution in [0.25, 0.3) is 10.9 Å². The number of fused-ring (bicyclic) bond motifs is 1. The molecule has 0 saturated carbocycles. The van der Waals surface area contributed by atoms with Gasteiger partial charge in [-0.1, -0.05) is 6.92 Å². The first-order chi connectivity index (χ1) is 8.80. The predicted molar refractivity (Wildman–Crippen MR) is 76.4 cm³/mol. The Hall–Kier alpha value is -1.48. The molecule has 1 heterocycles. The Balaban J connectivity index is 2.46. The fourth-order valence-corrected chi connectivity index (χ4v) is 2.36. The maximum absolute atomic E-state index is 5.33. The van der Waals surface area contributed by atoms with Gasteiger partial charge >= 0.3 is 0 Å². The zero-order chi connectivity index (χ0) is 13.0. The van der Waals surface area contributed by atoms with Crippen molar-refractivity contribution in [3.05, 3.63) is 30.0 Å². The van der Waals surface area contributed by atoms with Crippen LogP contribution in [0.4, 0.5) is 0 Å². The van der Waals surface area contributed by atoms with Crippen molar-refractivity contribution in [1.82, 2.24) is 9.88 Å². The van der Waals surface area contributed by atoms with E-state index in [-0.39, 0.29) is 0 Å². The summed E-state index contributed by atoms with van der Waals surface area (Å²) in [6.45, 7) is 4.29. The Labute approximate surface area is 109 Å². The first kappa shape index (κ1) is 13.0. The SMILES string of the molecule is CCCn1cc(CCNC)c2cc(OC)ccc21. The Morgan fingerprint density at radius 2 is 2.17 bits per heavy atom. The monoisotopic (exact) mass is 246 g/mol. The maximum Gasteiger partial charge on any atom is 0.119 e. The third-order valence-corrected chi connectivity index (χ3v) is 3.28. The van der Waals surface area contributed by atoms with Crippen molar-refractivity contribution in [2.24, 2.45) is 0 Å². The van der Waals surface area contributed by atoms with Gasteiger partial charge in [-0.15, -0.1) is 0 Å². The number of nitrogens with zero attached hydrogens (tertiary/aromatic N) is 1. The highest BCUT2D eigenvalue weighted by atomic mass is 16.5. The van der Waals surface area contributed by atoms with Crippen molar-refractivity contribution < 1.29 is 4.74 Å². The number of aromatic nitrogens is 1. The summed E-state index contributed by atoms with van der Waals surface area (Å²) in [5, 5.41) is 4.53.